The van der Waals surface area contributed by atoms with Gasteiger partial charge in [-0.25, -0.2) is 4.39 Å². The van der Waals surface area contributed by atoms with Crippen molar-refractivity contribution in [2.24, 2.45) is 0 Å². The number of hydrogen-bond donors (Lipinski definition) is 2. The molecular formula is C9H11FN2. The van der Waals surface area contributed by atoms with Gasteiger partial charge in [-0.15, -0.1) is 0 Å². The first kappa shape index (κ1) is 7.55. The summed E-state index contributed by atoms with van der Waals surface area (Å²) < 4.78 is 12.8. The van der Waals surface area contributed by atoms with Crippen molar-refractivity contribution in [2.75, 3.05) is 18.8 Å². The van der Waals surface area contributed by atoms with Crippen LogP contribution in [0.2, 0.25) is 0 Å². The van der Waals surface area contributed by atoms with E-state index in [0.29, 0.717) is 11.6 Å². The molecule has 0 amide bonds. The van der Waals surface area contributed by atoms with E-state index in [1.165, 1.54) is 12.1 Å². The van der Waals surface area contributed by atoms with E-state index in [1.54, 1.807) is 6.07 Å². The monoisotopic (exact) mass is 166 g/mol. The molecule has 0 unspecified atom stereocenters. The van der Waals surface area contributed by atoms with Gasteiger partial charge < -0.3 is 11.1 Å². The highest BCUT2D eigenvalue weighted by Gasteiger charge is 2.21. The molecule has 1 aliphatic rings. The zero-order valence-corrected chi connectivity index (χ0v) is 6.68. The third kappa shape index (κ3) is 1.16. The zero-order valence-electron chi connectivity index (χ0n) is 6.68. The average molecular weight is 166 g/mol. The molecule has 1 heterocycles. The van der Waals surface area contributed by atoms with Crippen LogP contribution in [-0.2, 0) is 0 Å². The van der Waals surface area contributed by atoms with Crippen molar-refractivity contribution >= 4 is 5.69 Å². The van der Waals surface area contributed by atoms with Crippen molar-refractivity contribution in [2.45, 2.75) is 5.92 Å². The van der Waals surface area contributed by atoms with Crippen molar-refractivity contribution in [3.05, 3.63) is 29.6 Å². The fraction of sp³-hybridized carbons (Fsp3) is 0.333. The molecule has 0 aliphatic carbocycles. The molecule has 0 atom stereocenters. The second kappa shape index (κ2) is 2.75. The van der Waals surface area contributed by atoms with E-state index in [4.69, 9.17) is 5.73 Å². The number of nitrogens with two attached hydrogens (primary N) is 1. The van der Waals surface area contributed by atoms with Crippen LogP contribution in [0.5, 0.6) is 0 Å². The van der Waals surface area contributed by atoms with Crippen molar-refractivity contribution in [3.63, 3.8) is 0 Å². The molecule has 1 aromatic rings. The molecule has 64 valence electrons. The van der Waals surface area contributed by atoms with Crippen molar-refractivity contribution in [1.82, 2.24) is 5.32 Å². The Bertz CT molecular complexity index is 295. The predicted octanol–water partition coefficient (Wildman–Crippen LogP) is 1.09. The number of benzene rings is 1. The lowest BCUT2D eigenvalue weighted by Crippen LogP contribution is -2.40. The SMILES string of the molecule is Nc1ccc(F)cc1C1CNC1. The average Bonchev–Trinajstić information content (AvgIpc) is 1.93. The fourth-order valence-corrected chi connectivity index (χ4v) is 1.41. The first-order chi connectivity index (χ1) is 5.77. The van der Waals surface area contributed by atoms with Crippen molar-refractivity contribution in [3.8, 4) is 0 Å². The molecular weight excluding hydrogens is 155 g/mol. The summed E-state index contributed by atoms with van der Waals surface area (Å²) in [5, 5.41) is 3.13. The maximum atomic E-state index is 12.8. The number of halogens is 1. The largest absolute Gasteiger partial charge is 0.398 e. The van der Waals surface area contributed by atoms with E-state index in [2.05, 4.69) is 5.32 Å². The molecule has 1 aromatic carbocycles. The Hall–Kier alpha value is -1.09. The van der Waals surface area contributed by atoms with E-state index >= 15 is 0 Å². The Balaban J connectivity index is 2.34. The molecule has 12 heavy (non-hydrogen) atoms. The second-order valence-electron chi connectivity index (χ2n) is 3.13. The van der Waals surface area contributed by atoms with Gasteiger partial charge in [-0.05, 0) is 23.8 Å². The lowest BCUT2D eigenvalue weighted by atomic mass is 9.92. The van der Waals surface area contributed by atoms with Gasteiger partial charge in [0.2, 0.25) is 0 Å². The van der Waals surface area contributed by atoms with Crippen LogP contribution in [0.3, 0.4) is 0 Å². The topological polar surface area (TPSA) is 38.0 Å². The molecule has 0 spiro atoms. The van der Waals surface area contributed by atoms with Crippen LogP contribution < -0.4 is 11.1 Å². The Morgan fingerprint density at radius 2 is 2.17 bits per heavy atom. The number of nitrogens with one attached hydrogen (secondary N) is 1. The summed E-state index contributed by atoms with van der Waals surface area (Å²) in [6.07, 6.45) is 0. The van der Waals surface area contributed by atoms with E-state index in [0.717, 1.165) is 18.7 Å². The third-order valence-electron chi connectivity index (χ3n) is 2.27. The maximum absolute atomic E-state index is 12.8. The summed E-state index contributed by atoms with van der Waals surface area (Å²) in [5.41, 5.74) is 7.34. The molecule has 3 N–H and O–H groups in total. The van der Waals surface area contributed by atoms with Gasteiger partial charge in [0.1, 0.15) is 5.82 Å². The minimum atomic E-state index is -0.203. The van der Waals surface area contributed by atoms with Gasteiger partial charge in [-0.3, -0.25) is 0 Å². The smallest absolute Gasteiger partial charge is 0.123 e. The van der Waals surface area contributed by atoms with Gasteiger partial charge in [0.15, 0.2) is 0 Å². The van der Waals surface area contributed by atoms with Crippen LogP contribution in [0.1, 0.15) is 11.5 Å². The van der Waals surface area contributed by atoms with Gasteiger partial charge in [-0.1, -0.05) is 0 Å². The number of rotatable bonds is 1. The lowest BCUT2D eigenvalue weighted by molar-refractivity contribution is 0.447. The molecule has 2 rings (SSSR count). The lowest BCUT2D eigenvalue weighted by Gasteiger charge is -2.28. The first-order valence-corrected chi connectivity index (χ1v) is 4.03. The van der Waals surface area contributed by atoms with Crippen LogP contribution >= 0.6 is 0 Å². The van der Waals surface area contributed by atoms with Crippen LogP contribution in [0.25, 0.3) is 0 Å². The number of hydrogen-bond acceptors (Lipinski definition) is 2. The van der Waals surface area contributed by atoms with Gasteiger partial charge in [0.25, 0.3) is 0 Å². The minimum absolute atomic E-state index is 0.203. The molecule has 1 fully saturated rings. The normalized spacial score (nSPS) is 17.4. The molecule has 3 heteroatoms. The Morgan fingerprint density at radius 3 is 2.75 bits per heavy atom. The number of anilines is 1. The highest BCUT2D eigenvalue weighted by Crippen LogP contribution is 2.25. The van der Waals surface area contributed by atoms with Crippen LogP contribution in [0.15, 0.2) is 18.2 Å². The van der Waals surface area contributed by atoms with Crippen LogP contribution in [-0.4, -0.2) is 13.1 Å². The van der Waals surface area contributed by atoms with Crippen LogP contribution in [0.4, 0.5) is 10.1 Å². The highest BCUT2D eigenvalue weighted by molar-refractivity contribution is 5.49. The van der Waals surface area contributed by atoms with Gasteiger partial charge in [-0.2, -0.15) is 0 Å². The molecule has 0 saturated carbocycles. The van der Waals surface area contributed by atoms with Crippen molar-refractivity contribution in [1.29, 1.82) is 0 Å². The standard InChI is InChI=1S/C9H11FN2/c10-7-1-2-9(11)8(3-7)6-4-12-5-6/h1-3,6,12H,4-5,11H2. The Kier molecular flexibility index (Phi) is 1.73. The zero-order chi connectivity index (χ0) is 8.55. The second-order valence-corrected chi connectivity index (χ2v) is 3.13. The summed E-state index contributed by atoms with van der Waals surface area (Å²) in [6.45, 7) is 1.82. The first-order valence-electron chi connectivity index (χ1n) is 4.03. The summed E-state index contributed by atoms with van der Waals surface area (Å²) >= 11 is 0. The van der Waals surface area contributed by atoms with Gasteiger partial charge >= 0.3 is 0 Å². The van der Waals surface area contributed by atoms with E-state index in [-0.39, 0.29) is 5.82 Å². The quantitative estimate of drug-likeness (QED) is 0.613. The molecule has 0 radical (unpaired) electrons. The Labute approximate surface area is 70.6 Å². The summed E-state index contributed by atoms with van der Waals surface area (Å²) in [5.74, 6) is 0.201. The minimum Gasteiger partial charge on any atom is -0.398 e. The van der Waals surface area contributed by atoms with E-state index < -0.39 is 0 Å². The third-order valence-corrected chi connectivity index (χ3v) is 2.27. The van der Waals surface area contributed by atoms with E-state index in [9.17, 15) is 4.39 Å². The van der Waals surface area contributed by atoms with E-state index in [1.807, 2.05) is 0 Å². The summed E-state index contributed by atoms with van der Waals surface area (Å²) in [4.78, 5) is 0. The number of nitrogen functional groups attached to an aromatic ring is 1. The fourth-order valence-electron chi connectivity index (χ4n) is 1.41. The predicted molar refractivity (Wildman–Crippen MR) is 46.4 cm³/mol. The molecule has 0 bridgehead atoms. The molecule has 0 aromatic heterocycles. The summed E-state index contributed by atoms with van der Waals surface area (Å²) in [7, 11) is 0. The van der Waals surface area contributed by atoms with Gasteiger partial charge in [0, 0.05) is 24.7 Å². The van der Waals surface area contributed by atoms with Gasteiger partial charge in [0.05, 0.1) is 0 Å². The maximum Gasteiger partial charge on any atom is 0.123 e. The molecule has 1 aliphatic heterocycles. The molecule has 2 nitrogen and oxygen atoms in total. The summed E-state index contributed by atoms with van der Waals surface area (Å²) in [6, 6.07) is 4.55. The van der Waals surface area contributed by atoms with Crippen LogP contribution in [0, 0.1) is 5.82 Å². The highest BCUT2D eigenvalue weighted by atomic mass is 19.1. The Morgan fingerprint density at radius 1 is 1.42 bits per heavy atom. The molecule has 1 saturated heterocycles. The van der Waals surface area contributed by atoms with Crippen molar-refractivity contribution < 1.29 is 4.39 Å².